The fourth-order valence-electron chi connectivity index (χ4n) is 6.79. The third-order valence-electron chi connectivity index (χ3n) is 8.36. The number of imide groups is 1. The molecule has 0 N–H and O–H groups in total. The maximum absolute atomic E-state index is 14.2. The van der Waals surface area contributed by atoms with Crippen LogP contribution < -0.4 is 9.64 Å². The molecule has 1 heterocycles. The summed E-state index contributed by atoms with van der Waals surface area (Å²) in [6.45, 7) is 2.46. The minimum absolute atomic E-state index is 0.112. The zero-order chi connectivity index (χ0) is 24.4. The van der Waals surface area contributed by atoms with Crippen molar-refractivity contribution < 1.29 is 14.3 Å². The van der Waals surface area contributed by atoms with Crippen LogP contribution in [-0.2, 0) is 16.2 Å². The van der Waals surface area contributed by atoms with Gasteiger partial charge in [-0.1, -0.05) is 78.9 Å². The maximum Gasteiger partial charge on any atom is 0.241 e. The van der Waals surface area contributed by atoms with Crippen LogP contribution in [0.4, 0.5) is 5.69 Å². The lowest BCUT2D eigenvalue weighted by atomic mass is 9.48. The summed E-state index contributed by atoms with van der Waals surface area (Å²) < 4.78 is 5.92. The largest absolute Gasteiger partial charge is 0.489 e. The summed E-state index contributed by atoms with van der Waals surface area (Å²) in [5, 5.41) is 0. The van der Waals surface area contributed by atoms with Gasteiger partial charge in [0.1, 0.15) is 12.4 Å². The van der Waals surface area contributed by atoms with Gasteiger partial charge in [0.15, 0.2) is 0 Å². The van der Waals surface area contributed by atoms with E-state index in [1.165, 1.54) is 27.2 Å². The van der Waals surface area contributed by atoms with Crippen LogP contribution in [0.5, 0.6) is 5.75 Å². The molecule has 4 heteroatoms. The third kappa shape index (κ3) is 2.75. The Labute approximate surface area is 210 Å². The van der Waals surface area contributed by atoms with Gasteiger partial charge >= 0.3 is 0 Å². The predicted octanol–water partition coefficient (Wildman–Crippen LogP) is 6.05. The van der Waals surface area contributed by atoms with Crippen LogP contribution in [0.3, 0.4) is 0 Å². The zero-order valence-electron chi connectivity index (χ0n) is 19.9. The molecule has 2 bridgehead atoms. The fraction of sp³-hybridized carbons (Fsp3) is 0.188. The van der Waals surface area contributed by atoms with E-state index < -0.39 is 11.3 Å². The summed E-state index contributed by atoms with van der Waals surface area (Å²) in [5.74, 6) is -0.218. The molecule has 8 rings (SSSR count). The quantitative estimate of drug-likeness (QED) is 0.340. The van der Waals surface area contributed by atoms with Crippen molar-refractivity contribution in [2.24, 2.45) is 11.3 Å². The van der Waals surface area contributed by atoms with Crippen molar-refractivity contribution in [1.29, 1.82) is 0 Å². The van der Waals surface area contributed by atoms with Crippen molar-refractivity contribution >= 4 is 17.5 Å². The highest BCUT2D eigenvalue weighted by molar-refractivity contribution is 6.25. The van der Waals surface area contributed by atoms with Crippen LogP contribution in [0.15, 0.2) is 103 Å². The third-order valence-corrected chi connectivity index (χ3v) is 8.36. The number of nitrogens with zero attached hydrogens (tertiary/aromatic N) is 1. The van der Waals surface area contributed by atoms with Crippen molar-refractivity contribution in [2.75, 3.05) is 4.90 Å². The first kappa shape index (κ1) is 21.1. The van der Waals surface area contributed by atoms with Gasteiger partial charge in [-0.25, -0.2) is 4.90 Å². The molecular formula is C32H25NO3. The van der Waals surface area contributed by atoms with E-state index in [0.29, 0.717) is 18.0 Å². The average Bonchev–Trinajstić information content (AvgIpc) is 3.13. The molecule has 2 amide bonds. The lowest BCUT2D eigenvalue weighted by molar-refractivity contribution is -0.128. The Morgan fingerprint density at radius 2 is 1.28 bits per heavy atom. The molecule has 0 spiro atoms. The molecule has 36 heavy (non-hydrogen) atoms. The van der Waals surface area contributed by atoms with Gasteiger partial charge < -0.3 is 4.74 Å². The first-order chi connectivity index (χ1) is 17.6. The Bertz CT molecular complexity index is 1460. The second-order valence-corrected chi connectivity index (χ2v) is 10.2. The van der Waals surface area contributed by atoms with Crippen molar-refractivity contribution in [2.45, 2.75) is 25.4 Å². The summed E-state index contributed by atoms with van der Waals surface area (Å²) >= 11 is 0. The lowest BCUT2D eigenvalue weighted by Gasteiger charge is -2.51. The zero-order valence-corrected chi connectivity index (χ0v) is 19.9. The SMILES string of the molecule is CC12C(=O)N(c3ccc(OCc4ccccc4)cc3)C(=O)C1C1c3ccccc3C2c2ccccc21. The van der Waals surface area contributed by atoms with E-state index >= 15 is 0 Å². The first-order valence-electron chi connectivity index (χ1n) is 12.4. The van der Waals surface area contributed by atoms with Gasteiger partial charge in [0, 0.05) is 11.8 Å². The molecule has 4 aromatic rings. The van der Waals surface area contributed by atoms with Crippen LogP contribution in [0.2, 0.25) is 0 Å². The first-order valence-corrected chi connectivity index (χ1v) is 12.4. The number of benzene rings is 4. The van der Waals surface area contributed by atoms with Crippen molar-refractivity contribution in [1.82, 2.24) is 0 Å². The topological polar surface area (TPSA) is 46.6 Å². The smallest absolute Gasteiger partial charge is 0.241 e. The number of hydrogen-bond acceptors (Lipinski definition) is 3. The van der Waals surface area contributed by atoms with E-state index in [0.717, 1.165) is 5.56 Å². The van der Waals surface area contributed by atoms with E-state index in [9.17, 15) is 9.59 Å². The second-order valence-electron chi connectivity index (χ2n) is 10.2. The normalized spacial score (nSPS) is 25.4. The van der Waals surface area contributed by atoms with E-state index in [-0.39, 0.29) is 23.7 Å². The highest BCUT2D eigenvalue weighted by atomic mass is 16.5. The summed E-state index contributed by atoms with van der Waals surface area (Å²) in [4.78, 5) is 29.6. The van der Waals surface area contributed by atoms with Gasteiger partial charge in [-0.15, -0.1) is 0 Å². The highest BCUT2D eigenvalue weighted by Crippen LogP contribution is 2.67. The lowest BCUT2D eigenvalue weighted by Crippen LogP contribution is -2.49. The molecule has 1 saturated heterocycles. The summed E-state index contributed by atoms with van der Waals surface area (Å²) in [6.07, 6.45) is 0. The number of amides is 2. The molecule has 1 aliphatic heterocycles. The monoisotopic (exact) mass is 471 g/mol. The molecule has 1 fully saturated rings. The second kappa shape index (κ2) is 7.66. The number of rotatable bonds is 4. The number of anilines is 1. The number of hydrogen-bond donors (Lipinski definition) is 0. The molecule has 4 aromatic carbocycles. The van der Waals surface area contributed by atoms with Crippen LogP contribution in [-0.4, -0.2) is 11.8 Å². The number of carbonyl (C=O) groups excluding carboxylic acids is 2. The van der Waals surface area contributed by atoms with E-state index in [1.807, 2.05) is 85.8 Å². The standard InChI is InChI=1S/C32H25NO3/c1-32-28-25-13-7-5-11-23(25)27(24-12-6-8-14-26(24)28)29(32)30(34)33(31(32)35)21-15-17-22(18-16-21)36-19-20-9-3-2-4-10-20/h2-18,27-29H,19H2,1H3. The molecule has 2 atom stereocenters. The Balaban J connectivity index is 1.25. The number of carbonyl (C=O) groups is 2. The molecule has 2 unspecified atom stereocenters. The van der Waals surface area contributed by atoms with E-state index in [4.69, 9.17) is 4.74 Å². The molecule has 4 nitrogen and oxygen atoms in total. The molecular weight excluding hydrogens is 446 g/mol. The molecule has 4 aliphatic rings. The summed E-state index contributed by atoms with van der Waals surface area (Å²) in [7, 11) is 0. The van der Waals surface area contributed by atoms with Gasteiger partial charge in [-0.05, 0) is 59.0 Å². The maximum atomic E-state index is 14.2. The summed E-state index contributed by atoms with van der Waals surface area (Å²) in [6, 6.07) is 33.9. The number of ether oxygens (including phenoxy) is 1. The van der Waals surface area contributed by atoms with Crippen LogP contribution >= 0.6 is 0 Å². The minimum atomic E-state index is -0.826. The summed E-state index contributed by atoms with van der Waals surface area (Å²) in [5.41, 5.74) is 5.55. The van der Waals surface area contributed by atoms with Crippen LogP contribution in [0.25, 0.3) is 0 Å². The molecule has 0 saturated carbocycles. The molecule has 0 aromatic heterocycles. The van der Waals surface area contributed by atoms with Gasteiger partial charge in [0.05, 0.1) is 17.0 Å². The van der Waals surface area contributed by atoms with Crippen molar-refractivity contribution in [3.8, 4) is 5.75 Å². The van der Waals surface area contributed by atoms with E-state index in [2.05, 4.69) is 24.3 Å². The van der Waals surface area contributed by atoms with Crippen LogP contribution in [0.1, 0.15) is 46.6 Å². The molecule has 176 valence electrons. The van der Waals surface area contributed by atoms with Crippen molar-refractivity contribution in [3.63, 3.8) is 0 Å². The molecule has 0 radical (unpaired) electrons. The van der Waals surface area contributed by atoms with Crippen LogP contribution in [0, 0.1) is 11.3 Å². The Morgan fingerprint density at radius 3 is 1.89 bits per heavy atom. The Morgan fingerprint density at radius 1 is 0.722 bits per heavy atom. The predicted molar refractivity (Wildman–Crippen MR) is 138 cm³/mol. The van der Waals surface area contributed by atoms with E-state index in [1.54, 1.807) is 0 Å². The molecule has 3 aliphatic carbocycles. The fourth-order valence-corrected chi connectivity index (χ4v) is 6.79. The van der Waals surface area contributed by atoms with Gasteiger partial charge in [-0.3, -0.25) is 9.59 Å². The average molecular weight is 472 g/mol. The minimum Gasteiger partial charge on any atom is -0.489 e. The van der Waals surface area contributed by atoms with Gasteiger partial charge in [0.25, 0.3) is 0 Å². The highest BCUT2D eigenvalue weighted by Gasteiger charge is 2.68. The Hall–Kier alpha value is -4.18. The Kier molecular flexibility index (Phi) is 4.50. The van der Waals surface area contributed by atoms with Gasteiger partial charge in [0.2, 0.25) is 11.8 Å². The van der Waals surface area contributed by atoms with Gasteiger partial charge in [-0.2, -0.15) is 0 Å². The van der Waals surface area contributed by atoms with Crippen molar-refractivity contribution in [3.05, 3.63) is 131 Å².